The number of rotatable bonds is 4. The Labute approximate surface area is 116 Å². The van der Waals surface area contributed by atoms with Gasteiger partial charge in [0.05, 0.1) is 6.61 Å². The number of benzene rings is 2. The van der Waals surface area contributed by atoms with Crippen LogP contribution in [-0.4, -0.2) is 12.9 Å². The second kappa shape index (κ2) is 4.37. The van der Waals surface area contributed by atoms with Crippen LogP contribution in [0.3, 0.4) is 0 Å². The molecule has 0 aliphatic heterocycles. The average molecular weight is 266 g/mol. The standard InChI is InChI=1S/C17H14O3/c18-9-12-7-8-15(19-10-11-5-6-11)17-16(12)13-3-1-2-4-14(13)20-17/h1-4,7-9,11H,5-6,10H2. The van der Waals surface area contributed by atoms with Gasteiger partial charge in [0, 0.05) is 16.3 Å². The van der Waals surface area contributed by atoms with Crippen LogP contribution in [0.2, 0.25) is 0 Å². The van der Waals surface area contributed by atoms with Crippen molar-refractivity contribution in [3.63, 3.8) is 0 Å². The molecular weight excluding hydrogens is 252 g/mol. The summed E-state index contributed by atoms with van der Waals surface area (Å²) < 4.78 is 11.8. The van der Waals surface area contributed by atoms with Crippen LogP contribution in [0.1, 0.15) is 23.2 Å². The van der Waals surface area contributed by atoms with E-state index in [0.717, 1.165) is 35.0 Å². The first-order chi connectivity index (χ1) is 9.86. The predicted molar refractivity (Wildman–Crippen MR) is 77.3 cm³/mol. The van der Waals surface area contributed by atoms with Crippen molar-refractivity contribution in [2.45, 2.75) is 12.8 Å². The van der Waals surface area contributed by atoms with Gasteiger partial charge >= 0.3 is 0 Å². The van der Waals surface area contributed by atoms with Crippen molar-refractivity contribution in [1.82, 2.24) is 0 Å². The smallest absolute Gasteiger partial charge is 0.177 e. The van der Waals surface area contributed by atoms with Crippen LogP contribution in [0.5, 0.6) is 5.75 Å². The number of ether oxygens (including phenoxy) is 1. The van der Waals surface area contributed by atoms with Crippen LogP contribution in [0, 0.1) is 5.92 Å². The number of hydrogen-bond acceptors (Lipinski definition) is 3. The Hall–Kier alpha value is -2.29. The predicted octanol–water partition coefficient (Wildman–Crippen LogP) is 4.19. The van der Waals surface area contributed by atoms with E-state index in [1.54, 1.807) is 6.07 Å². The second-order valence-electron chi connectivity index (χ2n) is 5.33. The third-order valence-electron chi connectivity index (χ3n) is 3.82. The van der Waals surface area contributed by atoms with E-state index in [1.807, 2.05) is 30.3 Å². The SMILES string of the molecule is O=Cc1ccc(OCC2CC2)c2oc3ccccc3c12. The molecule has 100 valence electrons. The summed E-state index contributed by atoms with van der Waals surface area (Å²) in [5.41, 5.74) is 2.10. The van der Waals surface area contributed by atoms with E-state index in [1.165, 1.54) is 12.8 Å². The molecule has 3 aromatic rings. The zero-order valence-corrected chi connectivity index (χ0v) is 11.0. The molecule has 0 amide bonds. The third-order valence-corrected chi connectivity index (χ3v) is 3.82. The molecule has 3 nitrogen and oxygen atoms in total. The summed E-state index contributed by atoms with van der Waals surface area (Å²) in [4.78, 5) is 11.3. The Bertz CT molecular complexity index is 796. The minimum atomic E-state index is 0.642. The Morgan fingerprint density at radius 3 is 2.85 bits per heavy atom. The zero-order chi connectivity index (χ0) is 13.5. The monoisotopic (exact) mass is 266 g/mol. The van der Waals surface area contributed by atoms with Crippen molar-refractivity contribution in [2.75, 3.05) is 6.61 Å². The second-order valence-corrected chi connectivity index (χ2v) is 5.33. The lowest BCUT2D eigenvalue weighted by Gasteiger charge is -2.06. The zero-order valence-electron chi connectivity index (χ0n) is 11.0. The first-order valence-corrected chi connectivity index (χ1v) is 6.89. The molecule has 1 fully saturated rings. The van der Waals surface area contributed by atoms with Crippen molar-refractivity contribution in [1.29, 1.82) is 0 Å². The van der Waals surface area contributed by atoms with E-state index in [0.29, 0.717) is 17.1 Å². The number of carbonyl (C=O) groups excluding carboxylic acids is 1. The number of furan rings is 1. The summed E-state index contributed by atoms with van der Waals surface area (Å²) in [5.74, 6) is 1.41. The number of aldehydes is 1. The van der Waals surface area contributed by atoms with Crippen LogP contribution >= 0.6 is 0 Å². The summed E-state index contributed by atoms with van der Waals surface area (Å²) in [6.07, 6.45) is 3.36. The van der Waals surface area contributed by atoms with Crippen LogP contribution < -0.4 is 4.74 Å². The molecule has 1 aliphatic rings. The molecule has 0 spiro atoms. The Kier molecular flexibility index (Phi) is 2.52. The van der Waals surface area contributed by atoms with Gasteiger partial charge in [0.1, 0.15) is 5.58 Å². The van der Waals surface area contributed by atoms with Crippen LogP contribution in [0.15, 0.2) is 40.8 Å². The fraction of sp³-hybridized carbons (Fsp3) is 0.235. The van der Waals surface area contributed by atoms with Gasteiger partial charge in [0.2, 0.25) is 0 Å². The first-order valence-electron chi connectivity index (χ1n) is 6.89. The fourth-order valence-corrected chi connectivity index (χ4v) is 2.53. The highest BCUT2D eigenvalue weighted by molar-refractivity contribution is 6.13. The highest BCUT2D eigenvalue weighted by Gasteiger charge is 2.23. The molecule has 1 aromatic heterocycles. The van der Waals surface area contributed by atoms with E-state index < -0.39 is 0 Å². The van der Waals surface area contributed by atoms with E-state index >= 15 is 0 Å². The van der Waals surface area contributed by atoms with Crippen molar-refractivity contribution >= 4 is 28.2 Å². The average Bonchev–Trinajstić information content (AvgIpc) is 3.23. The molecule has 0 bridgehead atoms. The van der Waals surface area contributed by atoms with Crippen molar-refractivity contribution < 1.29 is 13.9 Å². The van der Waals surface area contributed by atoms with Crippen LogP contribution in [0.25, 0.3) is 21.9 Å². The molecule has 1 heterocycles. The molecule has 0 unspecified atom stereocenters. The van der Waals surface area contributed by atoms with Gasteiger partial charge in [-0.05, 0) is 37.0 Å². The molecule has 1 saturated carbocycles. The fourth-order valence-electron chi connectivity index (χ4n) is 2.53. The maximum Gasteiger partial charge on any atom is 0.177 e. The molecule has 3 heteroatoms. The van der Waals surface area contributed by atoms with Gasteiger partial charge in [0.15, 0.2) is 17.6 Å². The third kappa shape index (κ3) is 1.78. The van der Waals surface area contributed by atoms with Gasteiger partial charge in [-0.3, -0.25) is 4.79 Å². The molecule has 0 N–H and O–H groups in total. The molecule has 1 aliphatic carbocycles. The first kappa shape index (κ1) is 11.5. The number of para-hydroxylation sites is 1. The minimum absolute atomic E-state index is 0.642. The molecule has 20 heavy (non-hydrogen) atoms. The maximum absolute atomic E-state index is 11.3. The van der Waals surface area contributed by atoms with Crippen molar-refractivity contribution in [3.8, 4) is 5.75 Å². The van der Waals surface area contributed by atoms with Gasteiger partial charge in [-0.15, -0.1) is 0 Å². The lowest BCUT2D eigenvalue weighted by Crippen LogP contribution is -1.99. The van der Waals surface area contributed by atoms with Gasteiger partial charge in [-0.2, -0.15) is 0 Å². The molecule has 2 aromatic carbocycles. The number of carbonyl (C=O) groups is 1. The van der Waals surface area contributed by atoms with Crippen molar-refractivity contribution in [3.05, 3.63) is 42.0 Å². The molecular formula is C17H14O3. The molecule has 0 saturated heterocycles. The highest BCUT2D eigenvalue weighted by atomic mass is 16.5. The van der Waals surface area contributed by atoms with Crippen LogP contribution in [-0.2, 0) is 0 Å². The Balaban J connectivity index is 1.93. The molecule has 4 rings (SSSR count). The van der Waals surface area contributed by atoms with E-state index in [-0.39, 0.29) is 0 Å². The lowest BCUT2D eigenvalue weighted by molar-refractivity contribution is 0.112. The van der Waals surface area contributed by atoms with Gasteiger partial charge in [-0.1, -0.05) is 18.2 Å². The van der Waals surface area contributed by atoms with Gasteiger partial charge < -0.3 is 9.15 Å². The van der Waals surface area contributed by atoms with Crippen LogP contribution in [0.4, 0.5) is 0 Å². The largest absolute Gasteiger partial charge is 0.489 e. The topological polar surface area (TPSA) is 39.4 Å². The number of fused-ring (bicyclic) bond motifs is 3. The minimum Gasteiger partial charge on any atom is -0.489 e. The van der Waals surface area contributed by atoms with E-state index in [4.69, 9.17) is 9.15 Å². The molecule has 0 radical (unpaired) electrons. The summed E-state index contributed by atoms with van der Waals surface area (Å²) in [5, 5.41) is 1.81. The normalized spacial score (nSPS) is 14.8. The maximum atomic E-state index is 11.3. The van der Waals surface area contributed by atoms with E-state index in [9.17, 15) is 4.79 Å². The molecule has 0 atom stereocenters. The Morgan fingerprint density at radius 2 is 2.05 bits per heavy atom. The summed E-state index contributed by atoms with van der Waals surface area (Å²) >= 11 is 0. The lowest BCUT2D eigenvalue weighted by atomic mass is 10.1. The van der Waals surface area contributed by atoms with E-state index in [2.05, 4.69) is 0 Å². The number of hydrogen-bond donors (Lipinski definition) is 0. The summed E-state index contributed by atoms with van der Waals surface area (Å²) in [6, 6.07) is 11.4. The van der Waals surface area contributed by atoms with Gasteiger partial charge in [-0.25, -0.2) is 0 Å². The summed E-state index contributed by atoms with van der Waals surface area (Å²) in [7, 11) is 0. The highest BCUT2D eigenvalue weighted by Crippen LogP contribution is 2.37. The Morgan fingerprint density at radius 1 is 1.20 bits per heavy atom. The van der Waals surface area contributed by atoms with Crippen molar-refractivity contribution in [2.24, 2.45) is 5.92 Å². The van der Waals surface area contributed by atoms with Gasteiger partial charge in [0.25, 0.3) is 0 Å². The quantitative estimate of drug-likeness (QED) is 0.665. The summed E-state index contributed by atoms with van der Waals surface area (Å²) in [6.45, 7) is 0.729.